The van der Waals surface area contributed by atoms with Gasteiger partial charge in [0.2, 0.25) is 0 Å². The third kappa shape index (κ3) is 5.26. The minimum Gasteiger partial charge on any atom is -0.497 e. The van der Waals surface area contributed by atoms with E-state index < -0.39 is 26.9 Å². The van der Waals surface area contributed by atoms with Crippen LogP contribution in [0.4, 0.5) is 5.69 Å². The van der Waals surface area contributed by atoms with Gasteiger partial charge < -0.3 is 20.3 Å². The molecular formula is C20H25N3O5S. The fourth-order valence-corrected chi connectivity index (χ4v) is 4.36. The molecule has 0 bridgehead atoms. The minimum atomic E-state index is -3.86. The van der Waals surface area contributed by atoms with Crippen molar-refractivity contribution >= 4 is 27.3 Å². The van der Waals surface area contributed by atoms with Crippen molar-refractivity contribution in [3.8, 4) is 5.75 Å². The Morgan fingerprint density at radius 1 is 1.00 bits per heavy atom. The highest BCUT2D eigenvalue weighted by Crippen LogP contribution is 2.30. The standard InChI is InChI=1S/C20H25N3O5S/c1-21-19(24)20(25)22-13-18(14-5-7-15(8-6-14)23(2)3)29(26,27)17-11-9-16(28-4)10-12-17/h5-12,18H,13H2,1-4H3,(H,21,24)(H,22,25)/t18-/m0/s1. The summed E-state index contributed by atoms with van der Waals surface area (Å²) in [6, 6.07) is 13.0. The summed E-state index contributed by atoms with van der Waals surface area (Å²) in [4.78, 5) is 25.3. The van der Waals surface area contributed by atoms with Gasteiger partial charge in [0.05, 0.1) is 12.0 Å². The predicted octanol–water partition coefficient (Wildman–Crippen LogP) is 1.14. The Hall–Kier alpha value is -3.07. The van der Waals surface area contributed by atoms with Gasteiger partial charge in [-0.3, -0.25) is 9.59 Å². The van der Waals surface area contributed by atoms with Crippen molar-refractivity contribution in [2.45, 2.75) is 10.1 Å². The van der Waals surface area contributed by atoms with Crippen LogP contribution in [0.5, 0.6) is 5.75 Å². The van der Waals surface area contributed by atoms with Gasteiger partial charge >= 0.3 is 11.8 Å². The third-order valence-corrected chi connectivity index (χ3v) is 6.54. The molecule has 0 aliphatic heterocycles. The second-order valence-electron chi connectivity index (χ2n) is 6.48. The number of sulfone groups is 1. The smallest absolute Gasteiger partial charge is 0.309 e. The first-order valence-corrected chi connectivity index (χ1v) is 10.4. The summed E-state index contributed by atoms with van der Waals surface area (Å²) in [7, 11) is 2.72. The fraction of sp³-hybridized carbons (Fsp3) is 0.300. The molecule has 2 rings (SSSR count). The highest BCUT2D eigenvalue weighted by Gasteiger charge is 2.30. The zero-order valence-corrected chi connectivity index (χ0v) is 17.6. The number of ether oxygens (including phenoxy) is 1. The Morgan fingerprint density at radius 3 is 2.07 bits per heavy atom. The van der Waals surface area contributed by atoms with E-state index in [1.165, 1.54) is 26.3 Å². The van der Waals surface area contributed by atoms with Crippen LogP contribution in [0.1, 0.15) is 10.8 Å². The first kappa shape index (κ1) is 22.2. The third-order valence-electron chi connectivity index (χ3n) is 4.43. The molecule has 8 nitrogen and oxygen atoms in total. The Kier molecular flexibility index (Phi) is 7.22. The molecule has 2 aromatic rings. The lowest BCUT2D eigenvalue weighted by atomic mass is 10.1. The molecule has 0 fully saturated rings. The molecule has 0 saturated carbocycles. The van der Waals surface area contributed by atoms with Crippen molar-refractivity contribution in [1.29, 1.82) is 0 Å². The Labute approximate surface area is 170 Å². The van der Waals surface area contributed by atoms with Crippen molar-refractivity contribution in [2.75, 3.05) is 39.7 Å². The molecule has 0 aliphatic carbocycles. The largest absolute Gasteiger partial charge is 0.497 e. The lowest BCUT2D eigenvalue weighted by Gasteiger charge is -2.20. The van der Waals surface area contributed by atoms with Crippen LogP contribution in [0, 0.1) is 0 Å². The first-order chi connectivity index (χ1) is 13.7. The minimum absolute atomic E-state index is 0.0918. The second kappa shape index (κ2) is 9.42. The van der Waals surface area contributed by atoms with Gasteiger partial charge in [0.1, 0.15) is 11.0 Å². The number of nitrogens with one attached hydrogen (secondary N) is 2. The highest BCUT2D eigenvalue weighted by atomic mass is 32.2. The number of benzene rings is 2. The maximum absolute atomic E-state index is 13.3. The summed E-state index contributed by atoms with van der Waals surface area (Å²) in [6.45, 7) is -0.248. The number of likely N-dealkylation sites (N-methyl/N-ethyl adjacent to an activating group) is 1. The molecule has 2 amide bonds. The number of rotatable bonds is 7. The zero-order valence-electron chi connectivity index (χ0n) is 16.8. The van der Waals surface area contributed by atoms with Crippen molar-refractivity contribution < 1.29 is 22.7 Å². The lowest BCUT2D eigenvalue weighted by molar-refractivity contribution is -0.138. The number of carbonyl (C=O) groups excluding carboxylic acids is 2. The molecule has 29 heavy (non-hydrogen) atoms. The van der Waals surface area contributed by atoms with Crippen LogP contribution < -0.4 is 20.3 Å². The van der Waals surface area contributed by atoms with E-state index in [2.05, 4.69) is 10.6 Å². The molecule has 0 saturated heterocycles. The molecular weight excluding hydrogens is 394 g/mol. The molecule has 2 N–H and O–H groups in total. The lowest BCUT2D eigenvalue weighted by Crippen LogP contribution is -2.41. The van der Waals surface area contributed by atoms with Crippen LogP contribution in [0.25, 0.3) is 0 Å². The van der Waals surface area contributed by atoms with E-state index in [0.29, 0.717) is 11.3 Å². The van der Waals surface area contributed by atoms with Crippen LogP contribution in [0.2, 0.25) is 0 Å². The number of hydrogen-bond acceptors (Lipinski definition) is 6. The summed E-state index contributed by atoms with van der Waals surface area (Å²) in [6.07, 6.45) is 0. The van der Waals surface area contributed by atoms with Gasteiger partial charge in [0.25, 0.3) is 0 Å². The quantitative estimate of drug-likeness (QED) is 0.652. The van der Waals surface area contributed by atoms with Gasteiger partial charge in [0, 0.05) is 33.4 Å². The second-order valence-corrected chi connectivity index (χ2v) is 8.61. The molecule has 2 aromatic carbocycles. The molecule has 0 spiro atoms. The molecule has 0 unspecified atom stereocenters. The number of nitrogens with zero attached hydrogens (tertiary/aromatic N) is 1. The summed E-state index contributed by atoms with van der Waals surface area (Å²) in [5.74, 6) is -1.20. The van der Waals surface area contributed by atoms with Gasteiger partial charge in [-0.15, -0.1) is 0 Å². The predicted molar refractivity (Wildman–Crippen MR) is 111 cm³/mol. The highest BCUT2D eigenvalue weighted by molar-refractivity contribution is 7.91. The topological polar surface area (TPSA) is 105 Å². The first-order valence-electron chi connectivity index (χ1n) is 8.86. The van der Waals surface area contributed by atoms with E-state index >= 15 is 0 Å². The van der Waals surface area contributed by atoms with E-state index in [1.54, 1.807) is 36.4 Å². The van der Waals surface area contributed by atoms with Crippen LogP contribution >= 0.6 is 0 Å². The molecule has 0 aromatic heterocycles. The number of anilines is 1. The number of methoxy groups -OCH3 is 1. The Balaban J connectivity index is 2.41. The molecule has 0 heterocycles. The van der Waals surface area contributed by atoms with Gasteiger partial charge in [-0.1, -0.05) is 12.1 Å². The Bertz CT molecular complexity index is 955. The molecule has 156 valence electrons. The van der Waals surface area contributed by atoms with Crippen LogP contribution in [-0.4, -0.2) is 55.0 Å². The fourth-order valence-electron chi connectivity index (χ4n) is 2.70. The molecule has 9 heteroatoms. The molecule has 1 atom stereocenters. The normalized spacial score (nSPS) is 12.0. The summed E-state index contributed by atoms with van der Waals surface area (Å²) < 4.78 is 31.7. The van der Waals surface area contributed by atoms with Crippen molar-refractivity contribution in [1.82, 2.24) is 10.6 Å². The van der Waals surface area contributed by atoms with Gasteiger partial charge in [0.15, 0.2) is 9.84 Å². The number of amides is 2. The van der Waals surface area contributed by atoms with Crippen LogP contribution in [-0.2, 0) is 19.4 Å². The molecule has 0 aliphatic rings. The van der Waals surface area contributed by atoms with Crippen molar-refractivity contribution in [2.24, 2.45) is 0 Å². The number of carbonyl (C=O) groups is 2. The van der Waals surface area contributed by atoms with Crippen molar-refractivity contribution in [3.63, 3.8) is 0 Å². The van der Waals surface area contributed by atoms with E-state index in [0.717, 1.165) is 5.69 Å². The summed E-state index contributed by atoms with van der Waals surface area (Å²) in [5.41, 5.74) is 1.41. The Morgan fingerprint density at radius 2 is 1.59 bits per heavy atom. The zero-order chi connectivity index (χ0) is 21.6. The number of hydrogen-bond donors (Lipinski definition) is 2. The summed E-state index contributed by atoms with van der Waals surface area (Å²) >= 11 is 0. The van der Waals surface area contributed by atoms with Gasteiger partial charge in [-0.05, 0) is 42.0 Å². The van der Waals surface area contributed by atoms with E-state index in [-0.39, 0.29) is 11.4 Å². The summed E-state index contributed by atoms with van der Waals surface area (Å²) in [5, 5.41) is 3.55. The SMILES string of the molecule is CNC(=O)C(=O)NC[C@@H](c1ccc(N(C)C)cc1)S(=O)(=O)c1ccc(OC)cc1. The van der Waals surface area contributed by atoms with Crippen LogP contribution in [0.15, 0.2) is 53.4 Å². The average molecular weight is 420 g/mol. The van der Waals surface area contributed by atoms with Crippen molar-refractivity contribution in [3.05, 3.63) is 54.1 Å². The van der Waals surface area contributed by atoms with E-state index in [9.17, 15) is 18.0 Å². The van der Waals surface area contributed by atoms with E-state index in [4.69, 9.17) is 4.74 Å². The van der Waals surface area contributed by atoms with E-state index in [1.807, 2.05) is 19.0 Å². The molecule has 0 radical (unpaired) electrons. The van der Waals surface area contributed by atoms with Gasteiger partial charge in [-0.2, -0.15) is 0 Å². The average Bonchev–Trinajstić information content (AvgIpc) is 2.73. The maximum atomic E-state index is 13.3. The van der Waals surface area contributed by atoms with Crippen LogP contribution in [0.3, 0.4) is 0 Å². The monoisotopic (exact) mass is 419 g/mol. The maximum Gasteiger partial charge on any atom is 0.309 e. The van der Waals surface area contributed by atoms with Gasteiger partial charge in [-0.25, -0.2) is 8.42 Å².